The molecule has 21 heavy (non-hydrogen) atoms. The van der Waals surface area contributed by atoms with Crippen LogP contribution < -0.4 is 10.6 Å². The van der Waals surface area contributed by atoms with E-state index < -0.39 is 0 Å². The first-order chi connectivity index (χ1) is 10.1. The second-order valence-corrected chi connectivity index (χ2v) is 5.86. The van der Waals surface area contributed by atoms with Crippen LogP contribution in [0.4, 0.5) is 5.69 Å². The highest BCUT2D eigenvalue weighted by Crippen LogP contribution is 2.27. The summed E-state index contributed by atoms with van der Waals surface area (Å²) in [5.41, 5.74) is 1.80. The largest absolute Gasteiger partial charge is 0.508 e. The molecule has 0 spiro atoms. The summed E-state index contributed by atoms with van der Waals surface area (Å²) in [5, 5.41) is 17.7. The Morgan fingerprint density at radius 2 is 2.05 bits per heavy atom. The van der Waals surface area contributed by atoms with Crippen LogP contribution in [0.25, 0.3) is 10.9 Å². The average molecular weight is 287 g/mol. The molecule has 0 aliphatic carbocycles. The van der Waals surface area contributed by atoms with Crippen molar-refractivity contribution in [3.05, 3.63) is 30.5 Å². The maximum atomic E-state index is 9.82. The summed E-state index contributed by atoms with van der Waals surface area (Å²) in [6, 6.07) is 8.21. The van der Waals surface area contributed by atoms with Crippen LogP contribution in [0.15, 0.2) is 30.5 Å². The summed E-state index contributed by atoms with van der Waals surface area (Å²) in [6.45, 7) is 7.51. The first kappa shape index (κ1) is 15.6. The molecule has 4 nitrogen and oxygen atoms in total. The Bertz CT molecular complexity index is 583. The number of nitrogens with zero attached hydrogens (tertiary/aromatic N) is 1. The van der Waals surface area contributed by atoms with Crippen molar-refractivity contribution in [2.45, 2.75) is 45.7 Å². The van der Waals surface area contributed by atoms with Gasteiger partial charge in [0.25, 0.3) is 0 Å². The molecular weight excluding hydrogens is 262 g/mol. The van der Waals surface area contributed by atoms with Crippen molar-refractivity contribution in [2.24, 2.45) is 0 Å². The summed E-state index contributed by atoms with van der Waals surface area (Å²) in [4.78, 5) is 4.41. The normalized spacial score (nSPS) is 12.8. The van der Waals surface area contributed by atoms with E-state index in [-0.39, 0.29) is 5.75 Å². The summed E-state index contributed by atoms with van der Waals surface area (Å²) >= 11 is 0. The molecule has 0 aliphatic rings. The zero-order valence-corrected chi connectivity index (χ0v) is 13.1. The fourth-order valence-electron chi connectivity index (χ4n) is 2.42. The SMILES string of the molecule is CC(C)NCCC[C@H](C)Nc1cc(O)cc2cccnc12. The molecule has 1 heterocycles. The van der Waals surface area contributed by atoms with Gasteiger partial charge in [0.05, 0.1) is 11.2 Å². The van der Waals surface area contributed by atoms with Crippen LogP contribution in [0.3, 0.4) is 0 Å². The Balaban J connectivity index is 1.99. The molecule has 0 saturated heterocycles. The fourth-order valence-corrected chi connectivity index (χ4v) is 2.42. The highest BCUT2D eigenvalue weighted by Gasteiger charge is 2.08. The second kappa shape index (κ2) is 7.27. The minimum Gasteiger partial charge on any atom is -0.508 e. The van der Waals surface area contributed by atoms with Crippen LogP contribution in [0.1, 0.15) is 33.6 Å². The van der Waals surface area contributed by atoms with Gasteiger partial charge in [0.2, 0.25) is 0 Å². The van der Waals surface area contributed by atoms with E-state index in [1.807, 2.05) is 12.1 Å². The molecule has 114 valence electrons. The first-order valence-electron chi connectivity index (χ1n) is 7.64. The van der Waals surface area contributed by atoms with Gasteiger partial charge < -0.3 is 15.7 Å². The maximum Gasteiger partial charge on any atom is 0.118 e. The molecule has 2 rings (SSSR count). The zero-order chi connectivity index (χ0) is 15.2. The lowest BCUT2D eigenvalue weighted by Crippen LogP contribution is -2.25. The van der Waals surface area contributed by atoms with Gasteiger partial charge >= 0.3 is 0 Å². The summed E-state index contributed by atoms with van der Waals surface area (Å²) < 4.78 is 0. The van der Waals surface area contributed by atoms with Crippen LogP contribution in [0.2, 0.25) is 0 Å². The predicted octanol–water partition coefficient (Wildman–Crippen LogP) is 3.52. The van der Waals surface area contributed by atoms with E-state index in [1.165, 1.54) is 0 Å². The van der Waals surface area contributed by atoms with E-state index in [0.29, 0.717) is 12.1 Å². The van der Waals surface area contributed by atoms with Crippen molar-refractivity contribution in [1.82, 2.24) is 10.3 Å². The lowest BCUT2D eigenvalue weighted by Gasteiger charge is -2.17. The molecule has 1 aromatic heterocycles. The van der Waals surface area contributed by atoms with Gasteiger partial charge in [0, 0.05) is 29.7 Å². The Morgan fingerprint density at radius 1 is 1.24 bits per heavy atom. The topological polar surface area (TPSA) is 57.2 Å². The number of aromatic nitrogens is 1. The zero-order valence-electron chi connectivity index (χ0n) is 13.1. The third kappa shape index (κ3) is 4.60. The molecule has 0 unspecified atom stereocenters. The minimum absolute atomic E-state index is 0.270. The summed E-state index contributed by atoms with van der Waals surface area (Å²) in [6.07, 6.45) is 3.97. The molecular formula is C17H25N3O. The van der Waals surface area contributed by atoms with Crippen LogP contribution in [-0.4, -0.2) is 28.7 Å². The van der Waals surface area contributed by atoms with E-state index in [2.05, 4.69) is 36.4 Å². The Morgan fingerprint density at radius 3 is 2.81 bits per heavy atom. The van der Waals surface area contributed by atoms with Crippen molar-refractivity contribution in [1.29, 1.82) is 0 Å². The van der Waals surface area contributed by atoms with E-state index in [9.17, 15) is 5.11 Å². The molecule has 0 fully saturated rings. The molecule has 0 saturated carbocycles. The average Bonchev–Trinajstić information content (AvgIpc) is 2.43. The summed E-state index contributed by atoms with van der Waals surface area (Å²) in [7, 11) is 0. The second-order valence-electron chi connectivity index (χ2n) is 5.86. The molecule has 1 aromatic carbocycles. The van der Waals surface area contributed by atoms with Gasteiger partial charge in [-0.1, -0.05) is 19.9 Å². The van der Waals surface area contributed by atoms with Crippen LogP contribution >= 0.6 is 0 Å². The fraction of sp³-hybridized carbons (Fsp3) is 0.471. The van der Waals surface area contributed by atoms with Gasteiger partial charge in [0.15, 0.2) is 0 Å². The number of pyridine rings is 1. The van der Waals surface area contributed by atoms with Crippen molar-refractivity contribution < 1.29 is 5.11 Å². The molecule has 2 aromatic rings. The highest BCUT2D eigenvalue weighted by atomic mass is 16.3. The number of hydrogen-bond donors (Lipinski definition) is 3. The predicted molar refractivity (Wildman–Crippen MR) is 88.9 cm³/mol. The van der Waals surface area contributed by atoms with Crippen LogP contribution in [0, 0.1) is 0 Å². The van der Waals surface area contributed by atoms with Crippen LogP contribution in [-0.2, 0) is 0 Å². The molecule has 0 aliphatic heterocycles. The summed E-state index contributed by atoms with van der Waals surface area (Å²) in [5.74, 6) is 0.270. The van der Waals surface area contributed by atoms with Crippen molar-refractivity contribution in [2.75, 3.05) is 11.9 Å². The number of benzene rings is 1. The van der Waals surface area contributed by atoms with E-state index in [0.717, 1.165) is 36.0 Å². The number of nitrogens with one attached hydrogen (secondary N) is 2. The number of phenols is 1. The number of anilines is 1. The lowest BCUT2D eigenvalue weighted by atomic mass is 10.1. The van der Waals surface area contributed by atoms with Crippen molar-refractivity contribution in [3.8, 4) is 5.75 Å². The minimum atomic E-state index is 0.270. The number of phenolic OH excluding ortho intramolecular Hbond substituents is 1. The quantitative estimate of drug-likeness (QED) is 0.682. The lowest BCUT2D eigenvalue weighted by molar-refractivity contribution is 0.476. The molecule has 0 bridgehead atoms. The van der Waals surface area contributed by atoms with E-state index in [1.54, 1.807) is 18.3 Å². The highest BCUT2D eigenvalue weighted by molar-refractivity contribution is 5.91. The smallest absolute Gasteiger partial charge is 0.118 e. The monoisotopic (exact) mass is 287 g/mol. The van der Waals surface area contributed by atoms with E-state index >= 15 is 0 Å². The number of hydrogen-bond acceptors (Lipinski definition) is 4. The molecule has 4 heteroatoms. The van der Waals surface area contributed by atoms with Crippen molar-refractivity contribution in [3.63, 3.8) is 0 Å². The number of rotatable bonds is 7. The Labute approximate surface area is 126 Å². The number of aromatic hydroxyl groups is 1. The van der Waals surface area contributed by atoms with Gasteiger partial charge in [-0.2, -0.15) is 0 Å². The maximum absolute atomic E-state index is 9.82. The molecule has 1 atom stereocenters. The van der Waals surface area contributed by atoms with Gasteiger partial charge in [-0.3, -0.25) is 4.98 Å². The number of fused-ring (bicyclic) bond motifs is 1. The van der Waals surface area contributed by atoms with E-state index in [4.69, 9.17) is 0 Å². The van der Waals surface area contributed by atoms with Gasteiger partial charge in [-0.15, -0.1) is 0 Å². The van der Waals surface area contributed by atoms with Crippen LogP contribution in [0.5, 0.6) is 5.75 Å². The molecule has 3 N–H and O–H groups in total. The van der Waals surface area contributed by atoms with Gasteiger partial charge in [-0.25, -0.2) is 0 Å². The Hall–Kier alpha value is -1.81. The third-order valence-corrected chi connectivity index (χ3v) is 3.46. The van der Waals surface area contributed by atoms with Crippen molar-refractivity contribution >= 4 is 16.6 Å². The molecule has 0 radical (unpaired) electrons. The van der Waals surface area contributed by atoms with Gasteiger partial charge in [0.1, 0.15) is 5.75 Å². The first-order valence-corrected chi connectivity index (χ1v) is 7.64. The molecule has 0 amide bonds. The third-order valence-electron chi connectivity index (χ3n) is 3.46. The standard InChI is InChI=1S/C17H25N3O/c1-12(2)18-8-4-6-13(3)20-16-11-15(21)10-14-7-5-9-19-17(14)16/h5,7,9-13,18,20-21H,4,6,8H2,1-3H3/t13-/m0/s1. The van der Waals surface area contributed by atoms with Gasteiger partial charge in [-0.05, 0) is 38.4 Å². The Kier molecular flexibility index (Phi) is 5.39.